The lowest BCUT2D eigenvalue weighted by Crippen LogP contribution is -2.34. The van der Waals surface area contributed by atoms with Gasteiger partial charge in [-0.1, -0.05) is 25.9 Å². The predicted octanol–water partition coefficient (Wildman–Crippen LogP) is 3.56. The summed E-state index contributed by atoms with van der Waals surface area (Å²) in [5.41, 5.74) is 1.37. The Morgan fingerprint density at radius 3 is 2.32 bits per heavy atom. The van der Waals surface area contributed by atoms with Gasteiger partial charge in [-0.2, -0.15) is 4.98 Å². The molecule has 0 atom stereocenters. The van der Waals surface area contributed by atoms with Gasteiger partial charge < -0.3 is 15.2 Å². The lowest BCUT2D eigenvalue weighted by molar-refractivity contribution is 0.250. The molecule has 0 fully saturated rings. The minimum atomic E-state index is -0.225. The van der Waals surface area contributed by atoms with Gasteiger partial charge >= 0.3 is 6.03 Å². The number of hydrogen-bond acceptors (Lipinski definition) is 4. The number of rotatable bonds is 3. The Balaban J connectivity index is 2.09. The van der Waals surface area contributed by atoms with E-state index in [2.05, 4.69) is 20.8 Å². The van der Waals surface area contributed by atoms with E-state index in [1.165, 1.54) is 0 Å². The fourth-order valence-corrected chi connectivity index (χ4v) is 1.78. The second kappa shape index (κ2) is 6.17. The summed E-state index contributed by atoms with van der Waals surface area (Å²) in [4.78, 5) is 16.0. The topological polar surface area (TPSA) is 80.0 Å². The average molecular weight is 302 g/mol. The highest BCUT2D eigenvalue weighted by molar-refractivity contribution is 5.89. The van der Waals surface area contributed by atoms with Gasteiger partial charge in [-0.25, -0.2) is 4.79 Å². The van der Waals surface area contributed by atoms with Gasteiger partial charge in [0.1, 0.15) is 0 Å². The smallest absolute Gasteiger partial charge is 0.319 e. The molecule has 0 aliphatic carbocycles. The van der Waals surface area contributed by atoms with Crippen LogP contribution in [0.3, 0.4) is 0 Å². The molecule has 118 valence electrons. The summed E-state index contributed by atoms with van der Waals surface area (Å²) >= 11 is 0. The van der Waals surface area contributed by atoms with Crippen LogP contribution in [0.4, 0.5) is 10.5 Å². The van der Waals surface area contributed by atoms with Crippen LogP contribution in [0.15, 0.2) is 28.8 Å². The van der Waals surface area contributed by atoms with Crippen molar-refractivity contribution in [3.8, 4) is 11.4 Å². The van der Waals surface area contributed by atoms with Crippen molar-refractivity contribution in [2.24, 2.45) is 0 Å². The van der Waals surface area contributed by atoms with Crippen LogP contribution in [-0.4, -0.2) is 22.2 Å². The predicted molar refractivity (Wildman–Crippen MR) is 85.7 cm³/mol. The number of aromatic nitrogens is 2. The Morgan fingerprint density at radius 2 is 1.82 bits per heavy atom. The van der Waals surface area contributed by atoms with E-state index in [4.69, 9.17) is 4.52 Å². The molecule has 0 radical (unpaired) electrons. The SMILES string of the molecule is CC(C)NC(=O)Nc1ccc(-c2noc(C(C)(C)C)n2)cc1. The van der Waals surface area contributed by atoms with Crippen molar-refractivity contribution in [3.05, 3.63) is 30.2 Å². The Morgan fingerprint density at radius 1 is 1.18 bits per heavy atom. The summed E-state index contributed by atoms with van der Waals surface area (Å²) in [6.07, 6.45) is 0. The lowest BCUT2D eigenvalue weighted by Gasteiger charge is -2.10. The fourth-order valence-electron chi connectivity index (χ4n) is 1.78. The van der Waals surface area contributed by atoms with Gasteiger partial charge in [-0.3, -0.25) is 0 Å². The van der Waals surface area contributed by atoms with Gasteiger partial charge in [-0.15, -0.1) is 0 Å². The molecular weight excluding hydrogens is 280 g/mol. The van der Waals surface area contributed by atoms with Crippen LogP contribution in [0.5, 0.6) is 0 Å². The monoisotopic (exact) mass is 302 g/mol. The van der Waals surface area contributed by atoms with E-state index in [0.717, 1.165) is 5.56 Å². The van der Waals surface area contributed by atoms with Crippen molar-refractivity contribution >= 4 is 11.7 Å². The minimum absolute atomic E-state index is 0.0921. The van der Waals surface area contributed by atoms with E-state index < -0.39 is 0 Å². The first-order valence-electron chi connectivity index (χ1n) is 7.28. The van der Waals surface area contributed by atoms with Crippen molar-refractivity contribution < 1.29 is 9.32 Å². The molecule has 0 bridgehead atoms. The van der Waals surface area contributed by atoms with Gasteiger partial charge in [0.25, 0.3) is 0 Å². The first-order chi connectivity index (χ1) is 10.3. The molecular formula is C16H22N4O2. The Kier molecular flexibility index (Phi) is 4.49. The third-order valence-electron chi connectivity index (χ3n) is 2.89. The van der Waals surface area contributed by atoms with E-state index in [0.29, 0.717) is 17.4 Å². The highest BCUT2D eigenvalue weighted by Gasteiger charge is 2.22. The van der Waals surface area contributed by atoms with Crippen molar-refractivity contribution in [1.29, 1.82) is 0 Å². The number of nitrogens with one attached hydrogen (secondary N) is 2. The number of anilines is 1. The van der Waals surface area contributed by atoms with E-state index in [1.54, 1.807) is 0 Å². The zero-order valence-corrected chi connectivity index (χ0v) is 13.6. The van der Waals surface area contributed by atoms with Gasteiger partial charge in [0.2, 0.25) is 11.7 Å². The molecule has 2 rings (SSSR count). The van der Waals surface area contributed by atoms with Crippen LogP contribution in [-0.2, 0) is 5.41 Å². The number of nitrogens with zero attached hydrogens (tertiary/aromatic N) is 2. The quantitative estimate of drug-likeness (QED) is 0.908. The van der Waals surface area contributed by atoms with Gasteiger partial charge in [0.15, 0.2) is 0 Å². The maximum Gasteiger partial charge on any atom is 0.319 e. The largest absolute Gasteiger partial charge is 0.338 e. The highest BCUT2D eigenvalue weighted by Crippen LogP contribution is 2.24. The van der Waals surface area contributed by atoms with Gasteiger partial charge in [-0.05, 0) is 38.1 Å². The molecule has 0 saturated heterocycles. The van der Waals surface area contributed by atoms with E-state index in [9.17, 15) is 4.79 Å². The van der Waals surface area contributed by atoms with E-state index >= 15 is 0 Å². The second-order valence-electron chi connectivity index (χ2n) is 6.50. The molecule has 0 saturated carbocycles. The molecule has 0 spiro atoms. The van der Waals surface area contributed by atoms with E-state index in [-0.39, 0.29) is 17.5 Å². The first-order valence-corrected chi connectivity index (χ1v) is 7.28. The first kappa shape index (κ1) is 16.0. The third-order valence-corrected chi connectivity index (χ3v) is 2.89. The normalized spacial score (nSPS) is 11.5. The van der Waals surface area contributed by atoms with Crippen LogP contribution in [0.25, 0.3) is 11.4 Å². The summed E-state index contributed by atoms with van der Waals surface area (Å²) in [7, 11) is 0. The summed E-state index contributed by atoms with van der Waals surface area (Å²) in [6.45, 7) is 9.87. The molecule has 2 aromatic rings. The molecule has 22 heavy (non-hydrogen) atoms. The molecule has 6 heteroatoms. The lowest BCUT2D eigenvalue weighted by atomic mass is 9.97. The summed E-state index contributed by atoms with van der Waals surface area (Å²) in [5.74, 6) is 1.14. The highest BCUT2D eigenvalue weighted by atomic mass is 16.5. The van der Waals surface area contributed by atoms with Gasteiger partial charge in [0.05, 0.1) is 0 Å². The van der Waals surface area contributed by atoms with Crippen LogP contribution in [0, 0.1) is 0 Å². The molecule has 1 aromatic carbocycles. The third kappa shape index (κ3) is 4.07. The Hall–Kier alpha value is -2.37. The Labute approximate surface area is 130 Å². The van der Waals surface area contributed by atoms with Crippen molar-refractivity contribution in [1.82, 2.24) is 15.5 Å². The second-order valence-corrected chi connectivity index (χ2v) is 6.50. The maximum atomic E-state index is 11.6. The minimum Gasteiger partial charge on any atom is -0.338 e. The molecule has 1 aromatic heterocycles. The summed E-state index contributed by atoms with van der Waals surface area (Å²) in [6, 6.07) is 7.18. The molecule has 1 heterocycles. The van der Waals surface area contributed by atoms with E-state index in [1.807, 2.05) is 58.9 Å². The van der Waals surface area contributed by atoms with Crippen LogP contribution in [0.2, 0.25) is 0 Å². The molecule has 2 N–H and O–H groups in total. The van der Waals surface area contributed by atoms with Crippen molar-refractivity contribution in [2.75, 3.05) is 5.32 Å². The standard InChI is InChI=1S/C16H22N4O2/c1-10(2)17-15(21)18-12-8-6-11(7-9-12)13-19-14(22-20-13)16(3,4)5/h6-10H,1-5H3,(H2,17,18,21). The van der Waals surface area contributed by atoms with Crippen LogP contribution < -0.4 is 10.6 Å². The number of carbonyl (C=O) groups excluding carboxylic acids is 1. The average Bonchev–Trinajstić information content (AvgIpc) is 2.88. The summed E-state index contributed by atoms with van der Waals surface area (Å²) < 4.78 is 5.28. The summed E-state index contributed by atoms with van der Waals surface area (Å²) in [5, 5.41) is 9.53. The van der Waals surface area contributed by atoms with Crippen LogP contribution >= 0.6 is 0 Å². The zero-order chi connectivity index (χ0) is 16.3. The number of amides is 2. The fraction of sp³-hybridized carbons (Fsp3) is 0.438. The van der Waals surface area contributed by atoms with Crippen molar-refractivity contribution in [3.63, 3.8) is 0 Å². The Bertz CT molecular complexity index is 639. The molecule has 0 aliphatic rings. The molecule has 6 nitrogen and oxygen atoms in total. The number of urea groups is 1. The van der Waals surface area contributed by atoms with Crippen LogP contribution in [0.1, 0.15) is 40.5 Å². The number of benzene rings is 1. The molecule has 0 aliphatic heterocycles. The zero-order valence-electron chi connectivity index (χ0n) is 13.6. The number of hydrogen-bond donors (Lipinski definition) is 2. The van der Waals surface area contributed by atoms with Crippen molar-refractivity contribution in [2.45, 2.75) is 46.1 Å². The number of carbonyl (C=O) groups is 1. The molecule has 2 amide bonds. The molecule has 0 unspecified atom stereocenters. The maximum absolute atomic E-state index is 11.6. The van der Waals surface area contributed by atoms with Gasteiger partial charge in [0, 0.05) is 22.7 Å².